The molecule has 1 aliphatic rings. The van der Waals surface area contributed by atoms with Gasteiger partial charge in [-0.05, 0) is 17.7 Å². The normalized spacial score (nSPS) is 15.0. The minimum atomic E-state index is -0.432. The number of aromatic amines is 1. The standard InChI is InChI=1S/C14H14ClFN4O/c15-10-2-1-8(5-11(10)16)6-20-4-3-12-9(7-20)13(21)19-14(17)18-12/h1-2,5H,3-4,6-7H2,(H3,17,18,19,21). The first kappa shape index (κ1) is 14.0. The van der Waals surface area contributed by atoms with Crippen molar-refractivity contribution in [3.8, 4) is 0 Å². The van der Waals surface area contributed by atoms with E-state index in [2.05, 4.69) is 14.9 Å². The molecule has 0 unspecified atom stereocenters. The Morgan fingerprint density at radius 2 is 2.29 bits per heavy atom. The van der Waals surface area contributed by atoms with Gasteiger partial charge in [0, 0.05) is 26.1 Å². The van der Waals surface area contributed by atoms with Crippen molar-refractivity contribution >= 4 is 17.5 Å². The zero-order chi connectivity index (χ0) is 15.0. The van der Waals surface area contributed by atoms with Gasteiger partial charge in [0.25, 0.3) is 5.56 Å². The Balaban J connectivity index is 1.80. The van der Waals surface area contributed by atoms with Crippen LogP contribution < -0.4 is 11.3 Å². The maximum absolute atomic E-state index is 13.5. The molecule has 1 aliphatic heterocycles. The van der Waals surface area contributed by atoms with Gasteiger partial charge in [-0.15, -0.1) is 0 Å². The number of anilines is 1. The highest BCUT2D eigenvalue weighted by Crippen LogP contribution is 2.20. The molecule has 0 amide bonds. The molecular weight excluding hydrogens is 295 g/mol. The van der Waals surface area contributed by atoms with Crippen LogP contribution >= 0.6 is 11.6 Å². The molecule has 0 spiro atoms. The zero-order valence-electron chi connectivity index (χ0n) is 11.2. The van der Waals surface area contributed by atoms with Gasteiger partial charge in [-0.25, -0.2) is 9.37 Å². The summed E-state index contributed by atoms with van der Waals surface area (Å²) in [6.45, 7) is 1.77. The first-order valence-electron chi connectivity index (χ1n) is 6.57. The molecule has 0 atom stereocenters. The molecule has 7 heteroatoms. The number of aromatic nitrogens is 2. The lowest BCUT2D eigenvalue weighted by Crippen LogP contribution is -2.35. The molecule has 21 heavy (non-hydrogen) atoms. The predicted molar refractivity (Wildman–Crippen MR) is 78.5 cm³/mol. The van der Waals surface area contributed by atoms with Gasteiger partial charge in [-0.2, -0.15) is 0 Å². The maximum Gasteiger partial charge on any atom is 0.257 e. The number of nitrogens with zero attached hydrogens (tertiary/aromatic N) is 2. The summed E-state index contributed by atoms with van der Waals surface area (Å²) >= 11 is 5.67. The molecule has 5 nitrogen and oxygen atoms in total. The number of hydrogen-bond acceptors (Lipinski definition) is 4. The lowest BCUT2D eigenvalue weighted by Gasteiger charge is -2.27. The molecule has 3 rings (SSSR count). The Morgan fingerprint density at radius 3 is 3.05 bits per heavy atom. The fourth-order valence-corrected chi connectivity index (χ4v) is 2.65. The van der Waals surface area contributed by atoms with Crippen molar-refractivity contribution in [2.24, 2.45) is 0 Å². The summed E-state index contributed by atoms with van der Waals surface area (Å²) in [5.41, 5.74) is 7.53. The lowest BCUT2D eigenvalue weighted by molar-refractivity contribution is 0.241. The van der Waals surface area contributed by atoms with Gasteiger partial charge >= 0.3 is 0 Å². The summed E-state index contributed by atoms with van der Waals surface area (Å²) in [5.74, 6) is -0.286. The summed E-state index contributed by atoms with van der Waals surface area (Å²) in [7, 11) is 0. The third-order valence-electron chi connectivity index (χ3n) is 3.56. The van der Waals surface area contributed by atoms with E-state index in [0.717, 1.165) is 17.8 Å². The Labute approximate surface area is 125 Å². The number of nitrogen functional groups attached to an aromatic ring is 1. The van der Waals surface area contributed by atoms with Crippen molar-refractivity contribution < 1.29 is 4.39 Å². The summed E-state index contributed by atoms with van der Waals surface area (Å²) in [5, 5.41) is 0.110. The van der Waals surface area contributed by atoms with Crippen molar-refractivity contribution in [2.75, 3.05) is 12.3 Å². The number of hydrogen-bond donors (Lipinski definition) is 2. The third kappa shape index (κ3) is 2.91. The van der Waals surface area contributed by atoms with Crippen LogP contribution in [0.5, 0.6) is 0 Å². The van der Waals surface area contributed by atoms with Gasteiger partial charge in [0.15, 0.2) is 0 Å². The smallest absolute Gasteiger partial charge is 0.257 e. The van der Waals surface area contributed by atoms with Gasteiger partial charge in [0.1, 0.15) is 5.82 Å². The number of nitrogens with one attached hydrogen (secondary N) is 1. The van der Waals surface area contributed by atoms with Gasteiger partial charge in [0.2, 0.25) is 5.95 Å². The van der Waals surface area contributed by atoms with E-state index in [9.17, 15) is 9.18 Å². The number of nitrogens with two attached hydrogens (primary N) is 1. The second kappa shape index (κ2) is 5.46. The molecule has 0 saturated heterocycles. The molecule has 3 N–H and O–H groups in total. The van der Waals surface area contributed by atoms with Crippen LogP contribution in [0.4, 0.5) is 10.3 Å². The average molecular weight is 309 g/mol. The first-order chi connectivity index (χ1) is 10.0. The van der Waals surface area contributed by atoms with Crippen LogP contribution in [0, 0.1) is 5.82 Å². The molecule has 1 aromatic carbocycles. The number of halogens is 2. The maximum atomic E-state index is 13.5. The van der Waals surface area contributed by atoms with Crippen LogP contribution in [0.25, 0.3) is 0 Å². The quantitative estimate of drug-likeness (QED) is 0.885. The fraction of sp³-hybridized carbons (Fsp3) is 0.286. The summed E-state index contributed by atoms with van der Waals surface area (Å²) < 4.78 is 13.5. The summed E-state index contributed by atoms with van der Waals surface area (Å²) in [4.78, 5) is 20.6. The van der Waals surface area contributed by atoms with Crippen molar-refractivity contribution in [2.45, 2.75) is 19.5 Å². The van der Waals surface area contributed by atoms with Gasteiger partial charge in [0.05, 0.1) is 16.3 Å². The van der Waals surface area contributed by atoms with Crippen molar-refractivity contribution in [1.29, 1.82) is 0 Å². The SMILES string of the molecule is Nc1nc2c(c(=O)[nH]1)CN(Cc1ccc(Cl)c(F)c1)CC2. The van der Waals surface area contributed by atoms with Gasteiger partial charge < -0.3 is 5.73 Å². The zero-order valence-corrected chi connectivity index (χ0v) is 12.0. The van der Waals surface area contributed by atoms with Gasteiger partial charge in [-0.3, -0.25) is 14.7 Å². The van der Waals surface area contributed by atoms with E-state index in [-0.39, 0.29) is 16.5 Å². The van der Waals surface area contributed by atoms with Crippen LogP contribution in [0.1, 0.15) is 16.8 Å². The number of fused-ring (bicyclic) bond motifs is 1. The molecule has 110 valence electrons. The van der Waals surface area contributed by atoms with Crippen LogP contribution in [-0.4, -0.2) is 21.4 Å². The van der Waals surface area contributed by atoms with Crippen LogP contribution in [-0.2, 0) is 19.5 Å². The highest BCUT2D eigenvalue weighted by Gasteiger charge is 2.21. The minimum absolute atomic E-state index is 0.110. The second-order valence-electron chi connectivity index (χ2n) is 5.09. The number of H-pyrrole nitrogens is 1. The highest BCUT2D eigenvalue weighted by atomic mass is 35.5. The van der Waals surface area contributed by atoms with Crippen molar-refractivity contribution in [3.05, 3.63) is 56.2 Å². The first-order valence-corrected chi connectivity index (χ1v) is 6.94. The number of benzene rings is 1. The van der Waals surface area contributed by atoms with E-state index >= 15 is 0 Å². The molecular formula is C14H14ClFN4O. The Hall–Kier alpha value is -1.92. The predicted octanol–water partition coefficient (Wildman–Crippen LogP) is 1.70. The van der Waals surface area contributed by atoms with Gasteiger partial charge in [-0.1, -0.05) is 17.7 Å². The number of rotatable bonds is 2. The molecule has 0 aliphatic carbocycles. The largest absolute Gasteiger partial charge is 0.369 e. The van der Waals surface area contributed by atoms with Crippen LogP contribution in [0.15, 0.2) is 23.0 Å². The third-order valence-corrected chi connectivity index (χ3v) is 3.86. The second-order valence-corrected chi connectivity index (χ2v) is 5.49. The van der Waals surface area contributed by atoms with E-state index < -0.39 is 5.82 Å². The topological polar surface area (TPSA) is 75.0 Å². The molecule has 0 radical (unpaired) electrons. The van der Waals surface area contributed by atoms with Crippen LogP contribution in [0.3, 0.4) is 0 Å². The Bertz CT molecular complexity index is 746. The van der Waals surface area contributed by atoms with E-state index in [1.807, 2.05) is 0 Å². The van der Waals surface area contributed by atoms with E-state index in [4.69, 9.17) is 17.3 Å². The van der Waals surface area contributed by atoms with E-state index in [1.54, 1.807) is 12.1 Å². The van der Waals surface area contributed by atoms with Crippen molar-refractivity contribution in [1.82, 2.24) is 14.9 Å². The molecule has 2 aromatic rings. The summed E-state index contributed by atoms with van der Waals surface area (Å²) in [6, 6.07) is 4.74. The molecule has 0 saturated carbocycles. The average Bonchev–Trinajstić information content (AvgIpc) is 2.43. The van der Waals surface area contributed by atoms with E-state index in [0.29, 0.717) is 25.1 Å². The fourth-order valence-electron chi connectivity index (χ4n) is 2.53. The highest BCUT2D eigenvalue weighted by molar-refractivity contribution is 6.30. The van der Waals surface area contributed by atoms with E-state index in [1.165, 1.54) is 6.07 Å². The lowest BCUT2D eigenvalue weighted by atomic mass is 10.1. The molecule has 2 heterocycles. The molecule has 1 aromatic heterocycles. The van der Waals surface area contributed by atoms with Crippen LogP contribution in [0.2, 0.25) is 5.02 Å². The van der Waals surface area contributed by atoms with Crippen molar-refractivity contribution in [3.63, 3.8) is 0 Å². The Kier molecular flexibility index (Phi) is 3.65. The minimum Gasteiger partial charge on any atom is -0.369 e. The Morgan fingerprint density at radius 1 is 1.48 bits per heavy atom. The monoisotopic (exact) mass is 308 g/mol. The summed E-state index contributed by atoms with van der Waals surface area (Å²) in [6.07, 6.45) is 0.652. The molecule has 0 fully saturated rings. The molecule has 0 bridgehead atoms.